The average molecular weight is 248 g/mol. The first-order chi connectivity index (χ1) is 8.26. The Morgan fingerprint density at radius 3 is 3.00 bits per heavy atom. The maximum Gasteiger partial charge on any atom is 0.110 e. The van der Waals surface area contributed by atoms with Gasteiger partial charge in [-0.1, -0.05) is 24.6 Å². The van der Waals surface area contributed by atoms with Crippen LogP contribution in [0.5, 0.6) is 0 Å². The molecule has 0 aliphatic heterocycles. The molecular weight excluding hydrogens is 234 g/mol. The molecule has 0 saturated carbocycles. The van der Waals surface area contributed by atoms with E-state index in [-0.39, 0.29) is 0 Å². The predicted molar refractivity (Wildman–Crippen MR) is 69.9 cm³/mol. The third-order valence-electron chi connectivity index (χ3n) is 2.73. The molecule has 0 atom stereocenters. The summed E-state index contributed by atoms with van der Waals surface area (Å²) in [5, 5.41) is 14.0. The van der Waals surface area contributed by atoms with Gasteiger partial charge in [0.05, 0.1) is 11.6 Å². The van der Waals surface area contributed by atoms with E-state index in [1.807, 2.05) is 29.0 Å². The first-order valence-electron chi connectivity index (χ1n) is 5.61. The number of hydrogen-bond acceptors (Lipinski definition) is 2. The van der Waals surface area contributed by atoms with E-state index >= 15 is 0 Å². The van der Waals surface area contributed by atoms with Crippen LogP contribution < -0.4 is 5.32 Å². The third kappa shape index (κ3) is 2.44. The van der Waals surface area contributed by atoms with Gasteiger partial charge in [-0.15, -0.1) is 0 Å². The summed E-state index contributed by atoms with van der Waals surface area (Å²) in [6, 6.07) is 7.97. The average Bonchev–Trinajstić information content (AvgIpc) is 2.65. The second-order valence-electron chi connectivity index (χ2n) is 3.88. The highest BCUT2D eigenvalue weighted by Crippen LogP contribution is 2.24. The Bertz CT molecular complexity index is 566. The summed E-state index contributed by atoms with van der Waals surface area (Å²) in [4.78, 5) is 0. The molecule has 0 amide bonds. The molecule has 0 fully saturated rings. The Hall–Kier alpha value is -1.50. The zero-order chi connectivity index (χ0) is 12.3. The van der Waals surface area contributed by atoms with Gasteiger partial charge in [0.15, 0.2) is 0 Å². The van der Waals surface area contributed by atoms with Gasteiger partial charge in [-0.25, -0.2) is 0 Å². The highest BCUT2D eigenvalue weighted by atomic mass is 35.5. The SMILES string of the molecule is CCNCc1cn(CC#N)c2cc(Cl)ccc12. The monoisotopic (exact) mass is 247 g/mol. The summed E-state index contributed by atoms with van der Waals surface area (Å²) < 4.78 is 1.94. The third-order valence-corrected chi connectivity index (χ3v) is 2.97. The second kappa shape index (κ2) is 5.22. The number of fused-ring (bicyclic) bond motifs is 1. The molecule has 0 unspecified atom stereocenters. The number of nitrogens with zero attached hydrogens (tertiary/aromatic N) is 2. The van der Waals surface area contributed by atoms with Crippen LogP contribution in [-0.2, 0) is 13.1 Å². The Labute approximate surface area is 106 Å². The van der Waals surface area contributed by atoms with Crippen molar-refractivity contribution in [2.24, 2.45) is 0 Å². The molecule has 2 rings (SSSR count). The van der Waals surface area contributed by atoms with E-state index < -0.39 is 0 Å². The molecule has 3 nitrogen and oxygen atoms in total. The van der Waals surface area contributed by atoms with Gasteiger partial charge in [-0.3, -0.25) is 0 Å². The van der Waals surface area contributed by atoms with E-state index in [1.54, 1.807) is 0 Å². The van der Waals surface area contributed by atoms with Crippen LogP contribution in [0.1, 0.15) is 12.5 Å². The molecule has 1 aromatic heterocycles. The Balaban J connectivity index is 2.50. The number of nitriles is 1. The fraction of sp³-hybridized carbons (Fsp3) is 0.308. The minimum atomic E-state index is 0.350. The highest BCUT2D eigenvalue weighted by Gasteiger charge is 2.08. The summed E-state index contributed by atoms with van der Waals surface area (Å²) in [5.74, 6) is 0. The smallest absolute Gasteiger partial charge is 0.110 e. The Kier molecular flexibility index (Phi) is 3.68. The number of rotatable bonds is 4. The van der Waals surface area contributed by atoms with E-state index in [4.69, 9.17) is 16.9 Å². The van der Waals surface area contributed by atoms with Gasteiger partial charge >= 0.3 is 0 Å². The normalized spacial score (nSPS) is 10.6. The standard InChI is InChI=1S/C13H14ClN3/c1-2-16-8-10-9-17(6-5-15)13-7-11(14)3-4-12(10)13/h3-4,7,9,16H,2,6,8H2,1H3. The summed E-state index contributed by atoms with van der Waals surface area (Å²) in [6.45, 7) is 4.17. The molecular formula is C13H14ClN3. The number of halogens is 1. The fourth-order valence-electron chi connectivity index (χ4n) is 1.95. The van der Waals surface area contributed by atoms with Crippen molar-refractivity contribution >= 4 is 22.5 Å². The van der Waals surface area contributed by atoms with E-state index in [0.29, 0.717) is 11.6 Å². The zero-order valence-electron chi connectivity index (χ0n) is 9.70. The van der Waals surface area contributed by atoms with Crippen LogP contribution in [0.15, 0.2) is 24.4 Å². The summed E-state index contributed by atoms with van der Waals surface area (Å²) in [5.41, 5.74) is 2.22. The molecule has 0 saturated heterocycles. The van der Waals surface area contributed by atoms with Crippen molar-refractivity contribution in [1.29, 1.82) is 5.26 Å². The van der Waals surface area contributed by atoms with Gasteiger partial charge in [0.25, 0.3) is 0 Å². The van der Waals surface area contributed by atoms with Crippen molar-refractivity contribution in [3.63, 3.8) is 0 Å². The molecule has 1 aromatic carbocycles. The molecule has 2 aromatic rings. The molecule has 4 heteroatoms. The maximum atomic E-state index is 8.81. The Morgan fingerprint density at radius 2 is 2.29 bits per heavy atom. The first kappa shape index (κ1) is 12.0. The molecule has 0 radical (unpaired) electrons. The molecule has 88 valence electrons. The van der Waals surface area contributed by atoms with Crippen molar-refractivity contribution in [3.05, 3.63) is 35.0 Å². The van der Waals surface area contributed by atoms with E-state index in [1.165, 1.54) is 5.56 Å². The summed E-state index contributed by atoms with van der Waals surface area (Å²) >= 11 is 5.99. The van der Waals surface area contributed by atoms with Crippen LogP contribution in [-0.4, -0.2) is 11.1 Å². The largest absolute Gasteiger partial charge is 0.333 e. The molecule has 0 aliphatic rings. The van der Waals surface area contributed by atoms with Crippen molar-refractivity contribution in [2.75, 3.05) is 6.54 Å². The van der Waals surface area contributed by atoms with Gasteiger partial charge in [0.1, 0.15) is 6.54 Å². The lowest BCUT2D eigenvalue weighted by Crippen LogP contribution is -2.11. The van der Waals surface area contributed by atoms with Gasteiger partial charge < -0.3 is 9.88 Å². The van der Waals surface area contributed by atoms with E-state index in [0.717, 1.165) is 24.0 Å². The van der Waals surface area contributed by atoms with Crippen LogP contribution in [0.4, 0.5) is 0 Å². The summed E-state index contributed by atoms with van der Waals surface area (Å²) in [7, 11) is 0. The lowest BCUT2D eigenvalue weighted by Gasteiger charge is -1.99. The molecule has 17 heavy (non-hydrogen) atoms. The van der Waals surface area contributed by atoms with E-state index in [2.05, 4.69) is 18.3 Å². The van der Waals surface area contributed by atoms with Crippen LogP contribution >= 0.6 is 11.6 Å². The maximum absolute atomic E-state index is 8.81. The van der Waals surface area contributed by atoms with Crippen molar-refractivity contribution in [2.45, 2.75) is 20.0 Å². The highest BCUT2D eigenvalue weighted by molar-refractivity contribution is 6.31. The van der Waals surface area contributed by atoms with Crippen molar-refractivity contribution < 1.29 is 0 Å². The van der Waals surface area contributed by atoms with E-state index in [9.17, 15) is 0 Å². The van der Waals surface area contributed by atoms with Crippen molar-refractivity contribution in [1.82, 2.24) is 9.88 Å². The van der Waals surface area contributed by atoms with Gasteiger partial charge in [-0.05, 0) is 24.2 Å². The fourth-order valence-corrected chi connectivity index (χ4v) is 2.12. The first-order valence-corrected chi connectivity index (χ1v) is 5.99. The molecule has 0 aliphatic carbocycles. The Morgan fingerprint density at radius 1 is 1.47 bits per heavy atom. The lowest BCUT2D eigenvalue weighted by molar-refractivity contribution is 0.725. The quantitative estimate of drug-likeness (QED) is 0.903. The van der Waals surface area contributed by atoms with Crippen LogP contribution in [0, 0.1) is 11.3 Å². The van der Waals surface area contributed by atoms with Crippen molar-refractivity contribution in [3.8, 4) is 6.07 Å². The lowest BCUT2D eigenvalue weighted by atomic mass is 10.2. The van der Waals surface area contributed by atoms with Crippen LogP contribution in [0.2, 0.25) is 5.02 Å². The second-order valence-corrected chi connectivity index (χ2v) is 4.32. The zero-order valence-corrected chi connectivity index (χ0v) is 10.5. The summed E-state index contributed by atoms with van der Waals surface area (Å²) in [6.07, 6.45) is 2.02. The predicted octanol–water partition coefficient (Wildman–Crippen LogP) is 2.93. The van der Waals surface area contributed by atoms with Gasteiger partial charge in [-0.2, -0.15) is 5.26 Å². The number of nitrogens with one attached hydrogen (secondary N) is 1. The minimum absolute atomic E-state index is 0.350. The molecule has 1 heterocycles. The van der Waals surface area contributed by atoms with Gasteiger partial charge in [0, 0.05) is 23.2 Å². The number of aromatic nitrogens is 1. The number of benzene rings is 1. The molecule has 1 N–H and O–H groups in total. The van der Waals surface area contributed by atoms with Crippen LogP contribution in [0.3, 0.4) is 0 Å². The van der Waals surface area contributed by atoms with Gasteiger partial charge in [0.2, 0.25) is 0 Å². The number of hydrogen-bond donors (Lipinski definition) is 1. The molecule has 0 bridgehead atoms. The molecule has 0 spiro atoms. The van der Waals surface area contributed by atoms with Crippen LogP contribution in [0.25, 0.3) is 10.9 Å². The minimum Gasteiger partial charge on any atom is -0.333 e. The topological polar surface area (TPSA) is 40.8 Å².